The molecule has 1 fully saturated rings. The number of aromatic carboxylic acids is 1. The molecule has 1 aromatic rings. The van der Waals surface area contributed by atoms with Gasteiger partial charge in [-0.05, 0) is 31.7 Å². The zero-order valence-corrected chi connectivity index (χ0v) is 13.2. The lowest BCUT2D eigenvalue weighted by molar-refractivity contribution is 0.0702. The SMILES string of the molecule is Cc1sc(C(=O)O)cc1S(=O)(=O)NC1CCCC(C)C1. The molecule has 2 unspecified atom stereocenters. The van der Waals surface area contributed by atoms with Crippen LogP contribution in [0.2, 0.25) is 0 Å². The fourth-order valence-electron chi connectivity index (χ4n) is 2.66. The molecule has 1 aliphatic carbocycles. The first-order chi connectivity index (χ1) is 9.29. The first-order valence-electron chi connectivity index (χ1n) is 6.65. The van der Waals surface area contributed by atoms with E-state index in [-0.39, 0.29) is 15.8 Å². The summed E-state index contributed by atoms with van der Waals surface area (Å²) in [6, 6.07) is 1.20. The van der Waals surface area contributed by atoms with Crippen LogP contribution in [0.15, 0.2) is 11.0 Å². The van der Waals surface area contributed by atoms with Crippen LogP contribution in [-0.2, 0) is 10.0 Å². The number of carbonyl (C=O) groups is 1. The molecule has 1 aromatic heterocycles. The molecule has 0 radical (unpaired) electrons. The lowest BCUT2D eigenvalue weighted by atomic mass is 9.88. The first kappa shape index (κ1) is 15.5. The number of rotatable bonds is 4. The summed E-state index contributed by atoms with van der Waals surface area (Å²) < 4.78 is 27.5. The van der Waals surface area contributed by atoms with Crippen LogP contribution in [0.3, 0.4) is 0 Å². The fraction of sp³-hybridized carbons (Fsp3) is 0.615. The average Bonchev–Trinajstić information content (AvgIpc) is 2.71. The van der Waals surface area contributed by atoms with Crippen molar-refractivity contribution in [2.45, 2.75) is 50.5 Å². The van der Waals surface area contributed by atoms with Gasteiger partial charge < -0.3 is 5.11 Å². The summed E-state index contributed by atoms with van der Waals surface area (Å²) in [5.74, 6) is -0.569. The Hall–Kier alpha value is -0.920. The van der Waals surface area contributed by atoms with Gasteiger partial charge in [0.2, 0.25) is 10.0 Å². The quantitative estimate of drug-likeness (QED) is 0.894. The Morgan fingerprint density at radius 1 is 1.45 bits per heavy atom. The van der Waals surface area contributed by atoms with E-state index in [0.717, 1.165) is 37.0 Å². The summed E-state index contributed by atoms with van der Waals surface area (Å²) >= 11 is 0.993. The highest BCUT2D eigenvalue weighted by Crippen LogP contribution is 2.28. The van der Waals surface area contributed by atoms with Gasteiger partial charge in [-0.3, -0.25) is 0 Å². The molecule has 0 saturated heterocycles. The number of aryl methyl sites for hydroxylation is 1. The maximum absolute atomic E-state index is 12.4. The second kappa shape index (κ2) is 5.83. The third-order valence-corrected chi connectivity index (χ3v) is 6.45. The molecular formula is C13H19NO4S2. The van der Waals surface area contributed by atoms with Crippen molar-refractivity contribution in [3.05, 3.63) is 15.8 Å². The molecule has 7 heteroatoms. The summed E-state index contributed by atoms with van der Waals surface area (Å²) in [4.78, 5) is 11.6. The third-order valence-electron chi connectivity index (χ3n) is 3.63. The summed E-state index contributed by atoms with van der Waals surface area (Å²) in [5.41, 5.74) is 0. The molecule has 2 atom stereocenters. The molecule has 5 nitrogen and oxygen atoms in total. The van der Waals surface area contributed by atoms with Crippen LogP contribution in [0, 0.1) is 12.8 Å². The topological polar surface area (TPSA) is 83.5 Å². The highest BCUT2D eigenvalue weighted by molar-refractivity contribution is 7.89. The van der Waals surface area contributed by atoms with E-state index in [1.165, 1.54) is 6.07 Å². The number of carboxylic acid groups (broad SMARTS) is 1. The molecule has 1 saturated carbocycles. The van der Waals surface area contributed by atoms with Crippen molar-refractivity contribution >= 4 is 27.3 Å². The predicted molar refractivity (Wildman–Crippen MR) is 77.8 cm³/mol. The van der Waals surface area contributed by atoms with Crippen molar-refractivity contribution in [2.75, 3.05) is 0 Å². The standard InChI is InChI=1S/C13H19NO4S2/c1-8-4-3-5-10(6-8)14-20(17,18)12-7-11(13(15)16)19-9(12)2/h7-8,10,14H,3-6H2,1-2H3,(H,15,16). The van der Waals surface area contributed by atoms with E-state index in [2.05, 4.69) is 11.6 Å². The van der Waals surface area contributed by atoms with Gasteiger partial charge in [0.1, 0.15) is 4.88 Å². The molecule has 0 aliphatic heterocycles. The van der Waals surface area contributed by atoms with Crippen LogP contribution in [0.4, 0.5) is 0 Å². The van der Waals surface area contributed by atoms with Gasteiger partial charge in [-0.2, -0.15) is 0 Å². The maximum atomic E-state index is 12.4. The third kappa shape index (κ3) is 3.39. The van der Waals surface area contributed by atoms with Gasteiger partial charge in [0.05, 0.1) is 4.90 Å². The van der Waals surface area contributed by atoms with E-state index in [1.54, 1.807) is 6.92 Å². The molecule has 0 bridgehead atoms. The van der Waals surface area contributed by atoms with Crippen molar-refractivity contribution in [1.29, 1.82) is 0 Å². The molecule has 0 amide bonds. The smallest absolute Gasteiger partial charge is 0.345 e. The van der Waals surface area contributed by atoms with Gasteiger partial charge >= 0.3 is 5.97 Å². The number of hydrogen-bond donors (Lipinski definition) is 2. The van der Waals surface area contributed by atoms with Crippen LogP contribution in [0.1, 0.15) is 47.2 Å². The van der Waals surface area contributed by atoms with Crippen LogP contribution < -0.4 is 4.72 Å². The molecule has 2 N–H and O–H groups in total. The van der Waals surface area contributed by atoms with Gasteiger partial charge in [0, 0.05) is 10.9 Å². The van der Waals surface area contributed by atoms with Gasteiger partial charge in [0.15, 0.2) is 0 Å². The monoisotopic (exact) mass is 317 g/mol. The minimum atomic E-state index is -3.63. The molecule has 20 heavy (non-hydrogen) atoms. The van der Waals surface area contributed by atoms with E-state index >= 15 is 0 Å². The van der Waals surface area contributed by atoms with Crippen molar-refractivity contribution < 1.29 is 18.3 Å². The van der Waals surface area contributed by atoms with Crippen LogP contribution in [0.25, 0.3) is 0 Å². The van der Waals surface area contributed by atoms with Crippen molar-refractivity contribution in [3.63, 3.8) is 0 Å². The van der Waals surface area contributed by atoms with E-state index in [1.807, 2.05) is 0 Å². The molecular weight excluding hydrogens is 298 g/mol. The second-order valence-electron chi connectivity index (χ2n) is 5.43. The Balaban J connectivity index is 2.19. The van der Waals surface area contributed by atoms with E-state index in [0.29, 0.717) is 10.8 Å². The minimum absolute atomic E-state index is 0.0451. The van der Waals surface area contributed by atoms with Gasteiger partial charge in [-0.25, -0.2) is 17.9 Å². The minimum Gasteiger partial charge on any atom is -0.477 e. The lowest BCUT2D eigenvalue weighted by Crippen LogP contribution is -2.38. The summed E-state index contributed by atoms with van der Waals surface area (Å²) in [7, 11) is -3.63. The Labute approximate surface area is 123 Å². The second-order valence-corrected chi connectivity index (χ2v) is 8.36. The zero-order valence-electron chi connectivity index (χ0n) is 11.5. The van der Waals surface area contributed by atoms with Crippen LogP contribution in [0.5, 0.6) is 0 Å². The molecule has 2 rings (SSSR count). The number of hydrogen-bond acceptors (Lipinski definition) is 4. The maximum Gasteiger partial charge on any atom is 0.345 e. The first-order valence-corrected chi connectivity index (χ1v) is 8.95. The van der Waals surface area contributed by atoms with Gasteiger partial charge in [-0.15, -0.1) is 11.3 Å². The van der Waals surface area contributed by atoms with Gasteiger partial charge in [0.25, 0.3) is 0 Å². The Morgan fingerprint density at radius 3 is 2.70 bits per heavy atom. The molecule has 112 valence electrons. The van der Waals surface area contributed by atoms with Crippen molar-refractivity contribution in [1.82, 2.24) is 4.72 Å². The zero-order chi connectivity index (χ0) is 14.9. The molecule has 1 heterocycles. The van der Waals surface area contributed by atoms with Crippen molar-refractivity contribution in [2.24, 2.45) is 5.92 Å². The predicted octanol–water partition coefficient (Wildman–Crippen LogP) is 2.61. The van der Waals surface area contributed by atoms with E-state index in [9.17, 15) is 13.2 Å². The van der Waals surface area contributed by atoms with Crippen molar-refractivity contribution in [3.8, 4) is 0 Å². The Kier molecular flexibility index (Phi) is 4.51. The number of thiophene rings is 1. The highest BCUT2D eigenvalue weighted by atomic mass is 32.2. The average molecular weight is 317 g/mol. The fourth-order valence-corrected chi connectivity index (χ4v) is 5.38. The largest absolute Gasteiger partial charge is 0.477 e. The summed E-state index contributed by atoms with van der Waals surface area (Å²) in [6.45, 7) is 3.76. The molecule has 1 aliphatic rings. The van der Waals surface area contributed by atoms with Crippen LogP contribution >= 0.6 is 11.3 Å². The Bertz CT molecular complexity index is 606. The number of nitrogens with one attached hydrogen (secondary N) is 1. The Morgan fingerprint density at radius 2 is 2.15 bits per heavy atom. The number of carboxylic acids is 1. The number of sulfonamides is 1. The summed E-state index contributed by atoms with van der Waals surface area (Å²) in [5, 5.41) is 8.94. The van der Waals surface area contributed by atoms with E-state index in [4.69, 9.17) is 5.11 Å². The van der Waals surface area contributed by atoms with Crippen LogP contribution in [-0.4, -0.2) is 25.5 Å². The van der Waals surface area contributed by atoms with E-state index < -0.39 is 16.0 Å². The normalized spacial score (nSPS) is 23.7. The molecule has 0 spiro atoms. The lowest BCUT2D eigenvalue weighted by Gasteiger charge is -2.27. The molecule has 0 aromatic carbocycles. The van der Waals surface area contributed by atoms with Gasteiger partial charge in [-0.1, -0.05) is 19.8 Å². The highest BCUT2D eigenvalue weighted by Gasteiger charge is 2.27. The summed E-state index contributed by atoms with van der Waals surface area (Å²) in [6.07, 6.45) is 3.85.